The van der Waals surface area contributed by atoms with Crippen LogP contribution in [0, 0.1) is 11.3 Å². The van der Waals surface area contributed by atoms with E-state index >= 15 is 0 Å². The van der Waals surface area contributed by atoms with Crippen molar-refractivity contribution in [3.8, 4) is 0 Å². The van der Waals surface area contributed by atoms with Crippen molar-refractivity contribution in [3.05, 3.63) is 28.2 Å². The largest absolute Gasteiger partial charge is 0.398 e. The van der Waals surface area contributed by atoms with Crippen LogP contribution >= 0.6 is 15.9 Å². The van der Waals surface area contributed by atoms with Crippen LogP contribution in [0.2, 0.25) is 0 Å². The van der Waals surface area contributed by atoms with Crippen molar-refractivity contribution in [1.82, 2.24) is 0 Å². The Morgan fingerprint density at radius 1 is 1.47 bits per heavy atom. The van der Waals surface area contributed by atoms with Crippen molar-refractivity contribution in [2.45, 2.75) is 33.1 Å². The standard InChI is InChI=1S/C14H18BrNO/c1-14(2)7-3-4-10(14)13(17)9-5-6-12(16)11(15)8-9/h5-6,8,10H,3-4,7,16H2,1-2H3. The molecule has 1 aliphatic rings. The Labute approximate surface area is 111 Å². The molecule has 0 bridgehead atoms. The first-order valence-corrected chi connectivity index (χ1v) is 6.80. The van der Waals surface area contributed by atoms with Gasteiger partial charge >= 0.3 is 0 Å². The van der Waals surface area contributed by atoms with Gasteiger partial charge < -0.3 is 5.73 Å². The molecule has 1 unspecified atom stereocenters. The summed E-state index contributed by atoms with van der Waals surface area (Å²) in [6, 6.07) is 5.46. The summed E-state index contributed by atoms with van der Waals surface area (Å²) < 4.78 is 0.805. The number of carbonyl (C=O) groups is 1. The molecule has 3 heteroatoms. The van der Waals surface area contributed by atoms with Crippen LogP contribution in [0.15, 0.2) is 22.7 Å². The van der Waals surface area contributed by atoms with Gasteiger partial charge in [0.1, 0.15) is 0 Å². The number of anilines is 1. The van der Waals surface area contributed by atoms with E-state index in [2.05, 4.69) is 29.8 Å². The van der Waals surface area contributed by atoms with Crippen LogP contribution in [0.4, 0.5) is 5.69 Å². The van der Waals surface area contributed by atoms with Gasteiger partial charge in [-0.2, -0.15) is 0 Å². The molecule has 1 aromatic carbocycles. The summed E-state index contributed by atoms with van der Waals surface area (Å²) in [6.45, 7) is 4.38. The molecule has 0 saturated heterocycles. The summed E-state index contributed by atoms with van der Waals surface area (Å²) in [5.41, 5.74) is 7.31. The fourth-order valence-electron chi connectivity index (χ4n) is 2.69. The zero-order chi connectivity index (χ0) is 12.6. The van der Waals surface area contributed by atoms with Crippen molar-refractivity contribution < 1.29 is 4.79 Å². The third-order valence-corrected chi connectivity index (χ3v) is 4.55. The SMILES string of the molecule is CC1(C)CCCC1C(=O)c1ccc(N)c(Br)c1. The highest BCUT2D eigenvalue weighted by molar-refractivity contribution is 9.10. The molecule has 17 heavy (non-hydrogen) atoms. The van der Waals surface area contributed by atoms with Crippen molar-refractivity contribution in [2.75, 3.05) is 5.73 Å². The molecule has 92 valence electrons. The number of Topliss-reactive ketones (excluding diaryl/α,β-unsaturated/α-hetero) is 1. The molecular formula is C14H18BrNO. The maximum Gasteiger partial charge on any atom is 0.166 e. The van der Waals surface area contributed by atoms with E-state index in [4.69, 9.17) is 5.73 Å². The van der Waals surface area contributed by atoms with E-state index in [9.17, 15) is 4.79 Å². The van der Waals surface area contributed by atoms with Gasteiger partial charge in [0, 0.05) is 21.6 Å². The Hall–Kier alpha value is -0.830. The molecule has 0 amide bonds. The van der Waals surface area contributed by atoms with E-state index in [0.29, 0.717) is 5.69 Å². The summed E-state index contributed by atoms with van der Waals surface area (Å²) in [5, 5.41) is 0. The second kappa shape index (κ2) is 4.45. The molecule has 1 atom stereocenters. The first kappa shape index (κ1) is 12.6. The maximum absolute atomic E-state index is 12.5. The second-order valence-corrected chi connectivity index (χ2v) is 6.39. The summed E-state index contributed by atoms with van der Waals surface area (Å²) in [5.74, 6) is 0.409. The molecule has 2 nitrogen and oxygen atoms in total. The zero-order valence-corrected chi connectivity index (χ0v) is 11.9. The number of carbonyl (C=O) groups excluding carboxylic acids is 1. The van der Waals surface area contributed by atoms with Crippen molar-refractivity contribution in [1.29, 1.82) is 0 Å². The lowest BCUT2D eigenvalue weighted by Crippen LogP contribution is -2.25. The van der Waals surface area contributed by atoms with Crippen LogP contribution in [0.1, 0.15) is 43.5 Å². The van der Waals surface area contributed by atoms with E-state index in [1.54, 1.807) is 6.07 Å². The zero-order valence-electron chi connectivity index (χ0n) is 10.3. The van der Waals surface area contributed by atoms with E-state index in [1.165, 1.54) is 0 Å². The summed E-state index contributed by atoms with van der Waals surface area (Å²) >= 11 is 3.37. The third kappa shape index (κ3) is 2.39. The number of ketones is 1. The van der Waals surface area contributed by atoms with Gasteiger partial charge in [0.2, 0.25) is 0 Å². The molecular weight excluding hydrogens is 278 g/mol. The molecule has 1 aliphatic carbocycles. The first-order chi connectivity index (χ1) is 7.92. The fraction of sp³-hybridized carbons (Fsp3) is 0.500. The number of hydrogen-bond donors (Lipinski definition) is 1. The van der Waals surface area contributed by atoms with Gasteiger partial charge in [0.25, 0.3) is 0 Å². The average molecular weight is 296 g/mol. The second-order valence-electron chi connectivity index (χ2n) is 5.53. The topological polar surface area (TPSA) is 43.1 Å². The minimum Gasteiger partial charge on any atom is -0.398 e. The van der Waals surface area contributed by atoms with Crippen molar-refractivity contribution in [3.63, 3.8) is 0 Å². The lowest BCUT2D eigenvalue weighted by molar-refractivity contribution is 0.0839. The monoisotopic (exact) mass is 295 g/mol. The Balaban J connectivity index is 2.28. The molecule has 0 aromatic heterocycles. The molecule has 1 fully saturated rings. The highest BCUT2D eigenvalue weighted by Gasteiger charge is 2.39. The summed E-state index contributed by atoms with van der Waals surface area (Å²) in [4.78, 5) is 12.5. The number of nitrogens with two attached hydrogens (primary N) is 1. The van der Waals surface area contributed by atoms with Crippen LogP contribution in [-0.4, -0.2) is 5.78 Å². The molecule has 0 heterocycles. The number of halogens is 1. The summed E-state index contributed by atoms with van der Waals surface area (Å²) in [6.07, 6.45) is 3.30. The minimum atomic E-state index is 0.130. The highest BCUT2D eigenvalue weighted by Crippen LogP contribution is 2.44. The van der Waals surface area contributed by atoms with Crippen molar-refractivity contribution in [2.24, 2.45) is 11.3 Å². The molecule has 0 radical (unpaired) electrons. The minimum absolute atomic E-state index is 0.130. The predicted molar refractivity (Wildman–Crippen MR) is 74.0 cm³/mol. The van der Waals surface area contributed by atoms with Gasteiger partial charge in [-0.3, -0.25) is 4.79 Å². The van der Waals surface area contributed by atoms with Gasteiger partial charge in [-0.25, -0.2) is 0 Å². The van der Waals surface area contributed by atoms with Gasteiger partial charge in [-0.1, -0.05) is 20.3 Å². The van der Waals surface area contributed by atoms with Crippen LogP contribution in [0.25, 0.3) is 0 Å². The Morgan fingerprint density at radius 2 is 2.18 bits per heavy atom. The van der Waals surface area contributed by atoms with Crippen LogP contribution in [0.5, 0.6) is 0 Å². The molecule has 1 saturated carbocycles. The molecule has 2 N–H and O–H groups in total. The third-order valence-electron chi connectivity index (χ3n) is 3.86. The van der Waals surface area contributed by atoms with E-state index in [-0.39, 0.29) is 17.1 Å². The smallest absolute Gasteiger partial charge is 0.166 e. The lowest BCUT2D eigenvalue weighted by atomic mass is 9.78. The van der Waals surface area contributed by atoms with Gasteiger partial charge in [0.15, 0.2) is 5.78 Å². The normalized spacial score (nSPS) is 22.6. The fourth-order valence-corrected chi connectivity index (χ4v) is 3.07. The van der Waals surface area contributed by atoms with Crippen LogP contribution < -0.4 is 5.73 Å². The van der Waals surface area contributed by atoms with Gasteiger partial charge in [-0.15, -0.1) is 0 Å². The van der Waals surface area contributed by atoms with E-state index < -0.39 is 0 Å². The van der Waals surface area contributed by atoms with Crippen LogP contribution in [-0.2, 0) is 0 Å². The Bertz CT molecular complexity index is 454. The van der Waals surface area contributed by atoms with Gasteiger partial charge in [-0.05, 0) is 52.4 Å². The first-order valence-electron chi connectivity index (χ1n) is 6.01. The predicted octanol–water partition coefficient (Wildman–Crippen LogP) is 4.04. The average Bonchev–Trinajstić information content (AvgIpc) is 2.61. The highest BCUT2D eigenvalue weighted by atomic mass is 79.9. The Kier molecular flexibility index (Phi) is 3.30. The lowest BCUT2D eigenvalue weighted by Gasteiger charge is -2.25. The molecule has 1 aromatic rings. The number of rotatable bonds is 2. The van der Waals surface area contributed by atoms with E-state index in [0.717, 1.165) is 29.3 Å². The van der Waals surface area contributed by atoms with Crippen LogP contribution in [0.3, 0.4) is 0 Å². The molecule has 0 aliphatic heterocycles. The summed E-state index contributed by atoms with van der Waals surface area (Å²) in [7, 11) is 0. The molecule has 2 rings (SSSR count). The van der Waals surface area contributed by atoms with E-state index in [1.807, 2.05) is 12.1 Å². The Morgan fingerprint density at radius 3 is 2.71 bits per heavy atom. The van der Waals surface area contributed by atoms with Crippen molar-refractivity contribution >= 4 is 27.4 Å². The quantitative estimate of drug-likeness (QED) is 0.661. The number of nitrogen functional groups attached to an aromatic ring is 1. The maximum atomic E-state index is 12.5. The number of benzene rings is 1. The number of hydrogen-bond acceptors (Lipinski definition) is 2. The van der Waals surface area contributed by atoms with Gasteiger partial charge in [0.05, 0.1) is 0 Å². The molecule has 0 spiro atoms.